The van der Waals surface area contributed by atoms with E-state index >= 15 is 0 Å². The molecule has 2 unspecified atom stereocenters. The molecule has 0 aromatic heterocycles. The monoisotopic (exact) mass is 259 g/mol. The van der Waals surface area contributed by atoms with Crippen molar-refractivity contribution < 1.29 is 9.50 Å². The summed E-state index contributed by atoms with van der Waals surface area (Å²) < 4.78 is 13.0. The highest BCUT2D eigenvalue weighted by Crippen LogP contribution is 2.21. The van der Waals surface area contributed by atoms with Crippen LogP contribution in [0.15, 0.2) is 18.2 Å². The van der Waals surface area contributed by atoms with Gasteiger partial charge in [0, 0.05) is 18.7 Å². The van der Waals surface area contributed by atoms with Gasteiger partial charge in [0.25, 0.3) is 0 Å². The summed E-state index contributed by atoms with van der Waals surface area (Å²) in [4.78, 5) is 0. The summed E-state index contributed by atoms with van der Waals surface area (Å²) in [6.07, 6.45) is 1.70. The molecular weight excluding hydrogens is 241 g/mol. The molecule has 96 valence electrons. The lowest BCUT2D eigenvalue weighted by Crippen LogP contribution is -2.29. The van der Waals surface area contributed by atoms with E-state index in [1.54, 1.807) is 12.1 Å². The van der Waals surface area contributed by atoms with Gasteiger partial charge in [0.05, 0.1) is 5.02 Å². The number of halogens is 2. The number of aliphatic hydroxyl groups is 1. The smallest absolute Gasteiger partial charge is 0.141 e. The van der Waals surface area contributed by atoms with Gasteiger partial charge >= 0.3 is 0 Å². The lowest BCUT2D eigenvalue weighted by atomic mass is 10.1. The lowest BCUT2D eigenvalue weighted by molar-refractivity contribution is 0.274. The van der Waals surface area contributed by atoms with E-state index in [-0.39, 0.29) is 17.7 Å². The number of hydrogen-bond donors (Lipinski definition) is 2. The third-order valence-corrected chi connectivity index (χ3v) is 3.06. The first kappa shape index (κ1) is 14.4. The van der Waals surface area contributed by atoms with Gasteiger partial charge in [-0.2, -0.15) is 0 Å². The molecule has 0 aliphatic heterocycles. The standard InChI is InChI=1S/C13H19ClFNO/c1-9(4-3-7-17)16-10(2)11-5-6-13(15)12(14)8-11/h5-6,8-10,16-17H,3-4,7H2,1-2H3. The van der Waals surface area contributed by atoms with Crippen molar-refractivity contribution in [3.63, 3.8) is 0 Å². The maximum atomic E-state index is 13.0. The second-order valence-electron chi connectivity index (χ2n) is 4.33. The van der Waals surface area contributed by atoms with Crippen LogP contribution in [0.4, 0.5) is 4.39 Å². The Labute approximate surface area is 107 Å². The Kier molecular flexibility index (Phi) is 5.89. The van der Waals surface area contributed by atoms with Gasteiger partial charge < -0.3 is 10.4 Å². The molecule has 0 saturated carbocycles. The molecule has 0 spiro atoms. The molecule has 0 radical (unpaired) electrons. The van der Waals surface area contributed by atoms with E-state index in [0.29, 0.717) is 6.04 Å². The molecule has 0 aliphatic carbocycles. The van der Waals surface area contributed by atoms with Gasteiger partial charge in [-0.1, -0.05) is 17.7 Å². The van der Waals surface area contributed by atoms with E-state index in [0.717, 1.165) is 18.4 Å². The maximum absolute atomic E-state index is 13.0. The number of hydrogen-bond acceptors (Lipinski definition) is 2. The summed E-state index contributed by atoms with van der Waals surface area (Å²) >= 11 is 5.74. The topological polar surface area (TPSA) is 32.3 Å². The van der Waals surface area contributed by atoms with Gasteiger partial charge in [-0.15, -0.1) is 0 Å². The van der Waals surface area contributed by atoms with Crippen molar-refractivity contribution in [3.8, 4) is 0 Å². The Hall–Kier alpha value is -0.640. The Morgan fingerprint density at radius 3 is 2.71 bits per heavy atom. The van der Waals surface area contributed by atoms with E-state index in [4.69, 9.17) is 16.7 Å². The average Bonchev–Trinajstić information content (AvgIpc) is 2.30. The van der Waals surface area contributed by atoms with Gasteiger partial charge in [-0.3, -0.25) is 0 Å². The predicted molar refractivity (Wildman–Crippen MR) is 68.7 cm³/mol. The van der Waals surface area contributed by atoms with Crippen LogP contribution in [0.25, 0.3) is 0 Å². The highest BCUT2D eigenvalue weighted by molar-refractivity contribution is 6.30. The fourth-order valence-electron chi connectivity index (χ4n) is 1.79. The summed E-state index contributed by atoms with van der Waals surface area (Å²) in [5, 5.41) is 12.3. The van der Waals surface area contributed by atoms with Crippen LogP contribution in [0, 0.1) is 5.82 Å². The number of benzene rings is 1. The first-order valence-corrected chi connectivity index (χ1v) is 6.24. The molecule has 0 fully saturated rings. The van der Waals surface area contributed by atoms with Crippen LogP contribution < -0.4 is 5.32 Å². The largest absolute Gasteiger partial charge is 0.396 e. The highest BCUT2D eigenvalue weighted by Gasteiger charge is 2.10. The minimum atomic E-state index is -0.393. The van der Waals surface area contributed by atoms with Crippen molar-refractivity contribution in [2.24, 2.45) is 0 Å². The van der Waals surface area contributed by atoms with Gasteiger partial charge in [-0.05, 0) is 44.4 Å². The molecule has 1 aromatic carbocycles. The van der Waals surface area contributed by atoms with E-state index in [1.807, 2.05) is 6.92 Å². The molecule has 17 heavy (non-hydrogen) atoms. The van der Waals surface area contributed by atoms with Crippen LogP contribution in [-0.4, -0.2) is 17.8 Å². The van der Waals surface area contributed by atoms with Gasteiger partial charge in [0.15, 0.2) is 0 Å². The number of nitrogens with one attached hydrogen (secondary N) is 1. The van der Waals surface area contributed by atoms with Gasteiger partial charge in [0.2, 0.25) is 0 Å². The predicted octanol–water partition coefficient (Wildman–Crippen LogP) is 3.29. The molecule has 0 bridgehead atoms. The van der Waals surface area contributed by atoms with Crippen molar-refractivity contribution >= 4 is 11.6 Å². The minimum Gasteiger partial charge on any atom is -0.396 e. The summed E-state index contributed by atoms with van der Waals surface area (Å²) in [7, 11) is 0. The number of rotatable bonds is 6. The molecule has 1 rings (SSSR count). The second kappa shape index (κ2) is 6.94. The SMILES string of the molecule is CC(CCCO)NC(C)c1ccc(F)c(Cl)c1. The highest BCUT2D eigenvalue weighted by atomic mass is 35.5. The Morgan fingerprint density at radius 2 is 2.12 bits per heavy atom. The summed E-state index contributed by atoms with van der Waals surface area (Å²) in [5.41, 5.74) is 0.965. The van der Waals surface area contributed by atoms with Crippen molar-refractivity contribution in [3.05, 3.63) is 34.6 Å². The van der Waals surface area contributed by atoms with Crippen molar-refractivity contribution in [2.75, 3.05) is 6.61 Å². The molecule has 1 aromatic rings. The molecule has 4 heteroatoms. The summed E-state index contributed by atoms with van der Waals surface area (Å²) in [6, 6.07) is 5.18. The molecule has 2 atom stereocenters. The van der Waals surface area contributed by atoms with E-state index in [9.17, 15) is 4.39 Å². The Bertz CT molecular complexity index is 359. The van der Waals surface area contributed by atoms with Crippen LogP contribution >= 0.6 is 11.6 Å². The van der Waals surface area contributed by atoms with Gasteiger partial charge in [-0.25, -0.2) is 4.39 Å². The molecule has 0 amide bonds. The van der Waals surface area contributed by atoms with Gasteiger partial charge in [0.1, 0.15) is 5.82 Å². The van der Waals surface area contributed by atoms with Crippen LogP contribution in [0.1, 0.15) is 38.3 Å². The fraction of sp³-hybridized carbons (Fsp3) is 0.538. The lowest BCUT2D eigenvalue weighted by Gasteiger charge is -2.20. The van der Waals surface area contributed by atoms with Crippen LogP contribution in [-0.2, 0) is 0 Å². The van der Waals surface area contributed by atoms with Crippen LogP contribution in [0.5, 0.6) is 0 Å². The third kappa shape index (κ3) is 4.62. The first-order valence-electron chi connectivity index (χ1n) is 5.86. The number of aliphatic hydroxyl groups excluding tert-OH is 1. The zero-order chi connectivity index (χ0) is 12.8. The maximum Gasteiger partial charge on any atom is 0.141 e. The van der Waals surface area contributed by atoms with Crippen LogP contribution in [0.3, 0.4) is 0 Å². The van der Waals surface area contributed by atoms with Crippen molar-refractivity contribution in [1.82, 2.24) is 5.32 Å². The molecule has 0 saturated heterocycles. The molecule has 0 aliphatic rings. The summed E-state index contributed by atoms with van der Waals surface area (Å²) in [5.74, 6) is -0.393. The average molecular weight is 260 g/mol. The van der Waals surface area contributed by atoms with Crippen LogP contribution in [0.2, 0.25) is 5.02 Å². The minimum absolute atomic E-state index is 0.113. The quantitative estimate of drug-likeness (QED) is 0.822. The Morgan fingerprint density at radius 1 is 1.41 bits per heavy atom. The molecular formula is C13H19ClFNO. The zero-order valence-electron chi connectivity index (χ0n) is 10.2. The third-order valence-electron chi connectivity index (χ3n) is 2.77. The summed E-state index contributed by atoms with van der Waals surface area (Å²) in [6.45, 7) is 4.29. The van der Waals surface area contributed by atoms with E-state index < -0.39 is 5.82 Å². The van der Waals surface area contributed by atoms with Crippen molar-refractivity contribution in [2.45, 2.75) is 38.8 Å². The first-order chi connectivity index (χ1) is 8.04. The molecule has 2 N–H and O–H groups in total. The second-order valence-corrected chi connectivity index (χ2v) is 4.74. The van der Waals surface area contributed by atoms with Crippen molar-refractivity contribution in [1.29, 1.82) is 0 Å². The van der Waals surface area contributed by atoms with E-state index in [2.05, 4.69) is 12.2 Å². The fourth-order valence-corrected chi connectivity index (χ4v) is 1.97. The normalized spacial score (nSPS) is 14.6. The molecule has 0 heterocycles. The molecule has 2 nitrogen and oxygen atoms in total. The van der Waals surface area contributed by atoms with E-state index in [1.165, 1.54) is 6.07 Å². The zero-order valence-corrected chi connectivity index (χ0v) is 11.0. The Balaban J connectivity index is 2.57.